The lowest BCUT2D eigenvalue weighted by Crippen LogP contribution is -2.27. The Bertz CT molecular complexity index is 5390. The van der Waals surface area contributed by atoms with Gasteiger partial charge < -0.3 is 28.3 Å². The number of benzene rings is 4. The lowest BCUT2D eigenvalue weighted by Gasteiger charge is -2.22. The van der Waals surface area contributed by atoms with E-state index in [9.17, 15) is 24.0 Å². The molecule has 8 aromatic heterocycles. The molecule has 0 aliphatic carbocycles. The number of rotatable bonds is 6. The van der Waals surface area contributed by atoms with Gasteiger partial charge in [-0.05, 0) is 207 Å². The maximum atomic E-state index is 14.3. The number of hydrogen-bond donors (Lipinski definition) is 0. The largest absolute Gasteiger partial charge is 0.443 e. The lowest BCUT2D eigenvalue weighted by molar-refractivity contribution is 0.0528. The Hall–Kier alpha value is -10.4. The zero-order chi connectivity index (χ0) is 68.5. The molecule has 13 rings (SSSR count). The molecule has 0 radical (unpaired) electrons. The number of carbonyl (C=O) groups is 5. The van der Waals surface area contributed by atoms with Crippen LogP contribution in [-0.2, 0) is 30.7 Å². The topological polar surface area (TPSA) is 225 Å². The van der Waals surface area contributed by atoms with Crippen LogP contribution in [0.3, 0.4) is 0 Å². The molecule has 9 heterocycles. The third-order valence-corrected chi connectivity index (χ3v) is 18.5. The zero-order valence-corrected chi connectivity index (χ0v) is 58.4. The number of ether oxygens (including phenoxy) is 5. The van der Waals surface area contributed by atoms with E-state index in [1.165, 1.54) is 22.8 Å². The van der Waals surface area contributed by atoms with Crippen molar-refractivity contribution in [3.8, 4) is 67.5 Å². The molecule has 96 heavy (non-hydrogen) atoms. The Morgan fingerprint density at radius 1 is 0.323 bits per heavy atom. The van der Waals surface area contributed by atoms with Crippen LogP contribution in [0.15, 0.2) is 151 Å². The fraction of sp³-hybridized carbons (Fsp3) is 0.284. The SMILES string of the molecule is Cn1cccc1-c1ccc(-c2cccn2C(=O)OC(C)(C)C)c2c1=Nc1c(c3nc4c(-c5cccn5C(=O)OC(C)(C)C)ccc(-c5cccn5C(=O)OC(C)(C)C)c4nc3c3nc4c(-c5cccn5C(=O)OC(C)(C)C)ccc(-c5cccn5C(=O)OC(C)(C)C)c4nc13)I=2. The third-order valence-electron chi connectivity index (χ3n) is 15.3. The van der Waals surface area contributed by atoms with Gasteiger partial charge in [-0.1, -0.05) is 26.8 Å². The molecule has 0 spiro atoms. The molecule has 0 fully saturated rings. The van der Waals surface area contributed by atoms with E-state index in [1.54, 1.807) is 157 Å². The molecule has 0 bridgehead atoms. The van der Waals surface area contributed by atoms with Crippen LogP contribution in [-0.4, -0.2) is 106 Å². The summed E-state index contributed by atoms with van der Waals surface area (Å²) in [6, 6.07) is 33.3. The third kappa shape index (κ3) is 12.1. The molecule has 0 saturated heterocycles. The normalized spacial score (nSPS) is 12.8. The molecule has 0 N–H and O–H groups in total. The van der Waals surface area contributed by atoms with Crippen molar-refractivity contribution < 1.29 is 47.7 Å². The molecule has 12 aromatic rings. The first-order valence-corrected chi connectivity index (χ1v) is 33.5. The van der Waals surface area contributed by atoms with Gasteiger partial charge in [0, 0.05) is 86.5 Å². The fourth-order valence-corrected chi connectivity index (χ4v) is 14.8. The Balaban J connectivity index is 1.22. The number of aromatic nitrogens is 10. The van der Waals surface area contributed by atoms with E-state index in [1.807, 2.05) is 105 Å². The molecule has 1 aliphatic rings. The molecule has 4 aromatic carbocycles. The highest BCUT2D eigenvalue weighted by Gasteiger charge is 2.32. The lowest BCUT2D eigenvalue weighted by atomic mass is 10.0. The maximum Gasteiger partial charge on any atom is 0.418 e. The van der Waals surface area contributed by atoms with Crippen molar-refractivity contribution >= 4 is 101 Å². The molecule has 490 valence electrons. The molecule has 21 nitrogen and oxygen atoms in total. The number of aryl methyl sites for hydroxylation is 1. The molecule has 22 heteroatoms. The van der Waals surface area contributed by atoms with Crippen molar-refractivity contribution in [2.75, 3.05) is 0 Å². The maximum absolute atomic E-state index is 14.3. The van der Waals surface area contributed by atoms with Crippen molar-refractivity contribution in [3.05, 3.63) is 158 Å². The van der Waals surface area contributed by atoms with Gasteiger partial charge in [-0.25, -0.2) is 48.9 Å². The van der Waals surface area contributed by atoms with Gasteiger partial charge in [0.25, 0.3) is 0 Å². The van der Waals surface area contributed by atoms with Gasteiger partial charge in [0.1, 0.15) is 55.8 Å². The highest BCUT2D eigenvalue weighted by molar-refractivity contribution is 14.2. The second-order valence-electron chi connectivity index (χ2n) is 28.5. The van der Waals surface area contributed by atoms with E-state index >= 15 is 0 Å². The zero-order valence-electron chi connectivity index (χ0n) is 56.2. The van der Waals surface area contributed by atoms with Crippen molar-refractivity contribution in [2.45, 2.75) is 132 Å². The molecule has 0 amide bonds. The average Bonchev–Trinajstić information content (AvgIpc) is 0.836. The predicted octanol–water partition coefficient (Wildman–Crippen LogP) is 17.5. The number of fused-ring (bicyclic) bond motifs is 9. The van der Waals surface area contributed by atoms with E-state index in [0.29, 0.717) is 104 Å². The van der Waals surface area contributed by atoms with Gasteiger partial charge >= 0.3 is 30.5 Å². The van der Waals surface area contributed by atoms with E-state index < -0.39 is 79.2 Å². The van der Waals surface area contributed by atoms with E-state index in [-0.39, 0.29) is 5.52 Å². The van der Waals surface area contributed by atoms with Crippen LogP contribution in [0.2, 0.25) is 0 Å². The summed E-state index contributed by atoms with van der Waals surface area (Å²) in [6.07, 6.45) is 7.12. The summed E-state index contributed by atoms with van der Waals surface area (Å²) in [5.41, 5.74) is 5.54. The number of hydrogen-bond acceptors (Lipinski definition) is 15. The fourth-order valence-electron chi connectivity index (χ4n) is 11.6. The molecule has 0 atom stereocenters. The first kappa shape index (κ1) is 64.4. The minimum absolute atomic E-state index is 0.268. The van der Waals surface area contributed by atoms with Crippen molar-refractivity contribution in [1.82, 2.24) is 47.3 Å². The monoisotopic (exact) mass is 1400 g/mol. The van der Waals surface area contributed by atoms with Gasteiger partial charge in [0.15, 0.2) is 0 Å². The van der Waals surface area contributed by atoms with Crippen molar-refractivity contribution in [1.29, 1.82) is 0 Å². The molecule has 1 aliphatic heterocycles. The van der Waals surface area contributed by atoms with Gasteiger partial charge in [-0.15, -0.1) is 0 Å². The van der Waals surface area contributed by atoms with Gasteiger partial charge in [0.05, 0.1) is 59.5 Å². The second-order valence-corrected chi connectivity index (χ2v) is 31.2. The number of carbonyl (C=O) groups excluding carboxylic acids is 5. The minimum atomic E-state index is -1.49. The number of halogens is 1. The summed E-state index contributed by atoms with van der Waals surface area (Å²) in [6.45, 7) is 27.1. The average molecular weight is 1400 g/mol. The van der Waals surface area contributed by atoms with Crippen molar-refractivity contribution in [3.63, 3.8) is 0 Å². The van der Waals surface area contributed by atoms with Crippen LogP contribution < -0.4 is 5.36 Å². The molecule has 0 unspecified atom stereocenters. The van der Waals surface area contributed by atoms with Crippen molar-refractivity contribution in [2.24, 2.45) is 12.0 Å². The quantitative estimate of drug-likeness (QED) is 0.0653. The Kier molecular flexibility index (Phi) is 15.6. The van der Waals surface area contributed by atoms with Crippen LogP contribution in [0.4, 0.5) is 29.7 Å². The van der Waals surface area contributed by atoms with E-state index in [0.717, 1.165) is 20.0 Å². The van der Waals surface area contributed by atoms with E-state index in [2.05, 4.69) is 0 Å². The summed E-state index contributed by atoms with van der Waals surface area (Å²) < 4.78 is 40.7. The predicted molar refractivity (Wildman–Crippen MR) is 376 cm³/mol. The highest BCUT2D eigenvalue weighted by atomic mass is 127. The summed E-state index contributed by atoms with van der Waals surface area (Å²) >= 11 is -1.49. The Labute approximate surface area is 562 Å². The standard InChI is InChI=1S/C74H72IN11O10/c1-70(2,3)92-65(87)82-36-18-24-48(82)41-29-30-42(47-23-17-35-81(47)16)55-53(41)75-54-60(76-55)62-64(80-59-46(52-28-22-40-86(52)69(91)96-74(13,14)15)34-33-45(58(59)79-62)51-27-21-39-85(51)68(90)95-73(10,11)12)63-61(54)77-56-43(49-25-19-37-83(49)66(88)93-71(4,5)6)31-32-44(57(56)78-63)50-26-20-38-84(50)67(89)94-72(7,8)9/h17-40H,1-16H3. The van der Waals surface area contributed by atoms with Crippen LogP contribution in [0.25, 0.3) is 112 Å². The van der Waals surface area contributed by atoms with Crippen LogP contribution in [0.5, 0.6) is 0 Å². The molecular weight excluding hydrogens is 1330 g/mol. The highest BCUT2D eigenvalue weighted by Crippen LogP contribution is 2.47. The molecular formula is C74H72IN11O10. The Morgan fingerprint density at radius 3 is 0.917 bits per heavy atom. The van der Waals surface area contributed by atoms with E-state index in [4.69, 9.17) is 48.6 Å². The first-order valence-electron chi connectivity index (χ1n) is 31.3. The summed E-state index contributed by atoms with van der Waals surface area (Å²) in [7, 11) is 1.97. The van der Waals surface area contributed by atoms with Gasteiger partial charge in [-0.3, -0.25) is 22.8 Å². The second kappa shape index (κ2) is 23.2. The van der Waals surface area contributed by atoms with Crippen LogP contribution in [0.1, 0.15) is 104 Å². The minimum Gasteiger partial charge on any atom is -0.443 e. The van der Waals surface area contributed by atoms with Gasteiger partial charge in [0.2, 0.25) is 0 Å². The Morgan fingerprint density at radius 2 is 0.594 bits per heavy atom. The molecule has 0 saturated carbocycles. The van der Waals surface area contributed by atoms with Gasteiger partial charge in [-0.2, -0.15) is 0 Å². The summed E-state index contributed by atoms with van der Waals surface area (Å²) in [4.78, 5) is 100. The summed E-state index contributed by atoms with van der Waals surface area (Å²) in [5, 5.41) is 0.631. The van der Waals surface area contributed by atoms with Crippen LogP contribution >= 0.6 is 20.7 Å². The summed E-state index contributed by atoms with van der Waals surface area (Å²) in [5.74, 6) is 0. The first-order chi connectivity index (χ1) is 45.2. The van der Waals surface area contributed by atoms with Crippen LogP contribution in [0, 0.1) is 6.72 Å². The smallest absolute Gasteiger partial charge is 0.418 e. The number of nitrogens with zero attached hydrogens (tertiary/aromatic N) is 11.